The summed E-state index contributed by atoms with van der Waals surface area (Å²) in [7, 11) is 0. The van der Waals surface area contributed by atoms with E-state index >= 15 is 0 Å². The Labute approximate surface area is 148 Å². The molecule has 4 heteroatoms. The average molecular weight is 334 g/mol. The summed E-state index contributed by atoms with van der Waals surface area (Å²) in [5.41, 5.74) is 3.56. The van der Waals surface area contributed by atoms with Crippen LogP contribution in [0, 0.1) is 6.92 Å². The Morgan fingerprint density at radius 2 is 2.12 bits per heavy atom. The van der Waals surface area contributed by atoms with E-state index in [2.05, 4.69) is 40.2 Å². The standard InChI is InChI=1S/C21H22N2O2/c1-16-7-8-20(25-16)18-5-2-4-17(12-18)14-23-10-11-24-21(15-23)19-6-3-9-22-13-19/h2-9,12-13,21H,10-11,14-15H2,1H3/t21-/m1/s1. The first-order valence-electron chi connectivity index (χ1n) is 8.67. The van der Waals surface area contributed by atoms with Gasteiger partial charge in [-0.15, -0.1) is 0 Å². The highest BCUT2D eigenvalue weighted by Gasteiger charge is 2.22. The zero-order valence-corrected chi connectivity index (χ0v) is 14.4. The lowest BCUT2D eigenvalue weighted by atomic mass is 10.1. The van der Waals surface area contributed by atoms with Crippen LogP contribution in [0.15, 0.2) is 65.3 Å². The summed E-state index contributed by atoms with van der Waals surface area (Å²) in [6, 6.07) is 16.7. The van der Waals surface area contributed by atoms with Gasteiger partial charge >= 0.3 is 0 Å². The number of benzene rings is 1. The number of furan rings is 1. The van der Waals surface area contributed by atoms with Crippen molar-refractivity contribution in [1.29, 1.82) is 0 Å². The normalized spacial score (nSPS) is 18.4. The molecule has 25 heavy (non-hydrogen) atoms. The monoisotopic (exact) mass is 334 g/mol. The van der Waals surface area contributed by atoms with E-state index in [1.807, 2.05) is 31.3 Å². The predicted molar refractivity (Wildman–Crippen MR) is 97.1 cm³/mol. The van der Waals surface area contributed by atoms with E-state index in [1.54, 1.807) is 6.20 Å². The summed E-state index contributed by atoms with van der Waals surface area (Å²) in [5, 5.41) is 0. The number of hydrogen-bond donors (Lipinski definition) is 0. The second-order valence-corrected chi connectivity index (χ2v) is 6.49. The highest BCUT2D eigenvalue weighted by atomic mass is 16.5. The van der Waals surface area contributed by atoms with Crippen molar-refractivity contribution in [2.75, 3.05) is 19.7 Å². The first-order chi connectivity index (χ1) is 12.3. The zero-order chi connectivity index (χ0) is 17.1. The molecule has 2 aromatic heterocycles. The largest absolute Gasteiger partial charge is 0.461 e. The minimum absolute atomic E-state index is 0.0957. The van der Waals surface area contributed by atoms with Crippen molar-refractivity contribution in [3.05, 3.63) is 77.8 Å². The third kappa shape index (κ3) is 3.81. The van der Waals surface area contributed by atoms with Crippen molar-refractivity contribution >= 4 is 0 Å². The van der Waals surface area contributed by atoms with E-state index in [9.17, 15) is 0 Å². The van der Waals surface area contributed by atoms with Crippen molar-refractivity contribution in [3.63, 3.8) is 0 Å². The van der Waals surface area contributed by atoms with Crippen LogP contribution in [-0.2, 0) is 11.3 Å². The van der Waals surface area contributed by atoms with Crippen molar-refractivity contribution < 1.29 is 9.15 Å². The summed E-state index contributed by atoms with van der Waals surface area (Å²) in [4.78, 5) is 6.65. The van der Waals surface area contributed by atoms with E-state index in [0.29, 0.717) is 0 Å². The maximum Gasteiger partial charge on any atom is 0.134 e. The lowest BCUT2D eigenvalue weighted by Gasteiger charge is -2.33. The molecule has 0 bridgehead atoms. The van der Waals surface area contributed by atoms with Gasteiger partial charge in [0.25, 0.3) is 0 Å². The fraction of sp³-hybridized carbons (Fsp3) is 0.286. The van der Waals surface area contributed by atoms with Crippen LogP contribution in [0.25, 0.3) is 11.3 Å². The Bertz CT molecular complexity index is 829. The van der Waals surface area contributed by atoms with Crippen molar-refractivity contribution in [2.24, 2.45) is 0 Å². The Hall–Kier alpha value is -2.43. The maximum absolute atomic E-state index is 5.93. The van der Waals surface area contributed by atoms with Gasteiger partial charge in [-0.05, 0) is 36.8 Å². The number of pyridine rings is 1. The Kier molecular flexibility index (Phi) is 4.63. The number of ether oxygens (including phenoxy) is 1. The topological polar surface area (TPSA) is 38.5 Å². The molecule has 0 saturated carbocycles. The van der Waals surface area contributed by atoms with E-state index in [4.69, 9.17) is 9.15 Å². The number of hydrogen-bond acceptors (Lipinski definition) is 4. The molecule has 0 spiro atoms. The van der Waals surface area contributed by atoms with Gasteiger partial charge in [0.15, 0.2) is 0 Å². The molecule has 128 valence electrons. The predicted octanol–water partition coefficient (Wildman–Crippen LogP) is 4.22. The number of morpholine rings is 1. The quantitative estimate of drug-likeness (QED) is 0.716. The number of aryl methyl sites for hydroxylation is 1. The molecule has 0 aliphatic carbocycles. The van der Waals surface area contributed by atoms with Crippen LogP contribution in [0.4, 0.5) is 0 Å². The zero-order valence-electron chi connectivity index (χ0n) is 14.4. The van der Waals surface area contributed by atoms with Gasteiger partial charge in [0.05, 0.1) is 12.7 Å². The molecule has 3 heterocycles. The molecule has 0 unspecified atom stereocenters. The van der Waals surface area contributed by atoms with Crippen LogP contribution in [0.5, 0.6) is 0 Å². The Morgan fingerprint density at radius 1 is 1.16 bits per heavy atom. The maximum atomic E-state index is 5.93. The lowest BCUT2D eigenvalue weighted by Crippen LogP contribution is -2.37. The van der Waals surface area contributed by atoms with Gasteiger partial charge in [-0.3, -0.25) is 9.88 Å². The van der Waals surface area contributed by atoms with E-state index in [-0.39, 0.29) is 6.10 Å². The van der Waals surface area contributed by atoms with Crippen LogP contribution in [0.2, 0.25) is 0 Å². The van der Waals surface area contributed by atoms with Crippen molar-refractivity contribution in [3.8, 4) is 11.3 Å². The molecular formula is C21H22N2O2. The second kappa shape index (κ2) is 7.21. The van der Waals surface area contributed by atoms with Gasteiger partial charge in [0.2, 0.25) is 0 Å². The number of rotatable bonds is 4. The second-order valence-electron chi connectivity index (χ2n) is 6.49. The van der Waals surface area contributed by atoms with Crippen LogP contribution in [0.3, 0.4) is 0 Å². The highest BCUT2D eigenvalue weighted by Crippen LogP contribution is 2.25. The van der Waals surface area contributed by atoms with Gasteiger partial charge in [-0.2, -0.15) is 0 Å². The van der Waals surface area contributed by atoms with Gasteiger partial charge < -0.3 is 9.15 Å². The molecule has 1 aromatic carbocycles. The van der Waals surface area contributed by atoms with E-state index < -0.39 is 0 Å². The van der Waals surface area contributed by atoms with Gasteiger partial charge in [0.1, 0.15) is 11.5 Å². The molecule has 4 nitrogen and oxygen atoms in total. The van der Waals surface area contributed by atoms with Crippen molar-refractivity contribution in [2.45, 2.75) is 19.6 Å². The molecule has 1 aliphatic rings. The molecule has 3 aromatic rings. The smallest absolute Gasteiger partial charge is 0.134 e. The van der Waals surface area contributed by atoms with Crippen LogP contribution in [-0.4, -0.2) is 29.6 Å². The number of nitrogens with zero attached hydrogens (tertiary/aromatic N) is 2. The SMILES string of the molecule is Cc1ccc(-c2cccc(CN3CCO[C@@H](c4cccnc4)C3)c2)o1. The van der Waals surface area contributed by atoms with Crippen LogP contribution >= 0.6 is 0 Å². The Morgan fingerprint density at radius 3 is 2.92 bits per heavy atom. The fourth-order valence-electron chi connectivity index (χ4n) is 3.29. The summed E-state index contributed by atoms with van der Waals surface area (Å²) < 4.78 is 11.7. The van der Waals surface area contributed by atoms with E-state index in [0.717, 1.165) is 48.9 Å². The molecule has 0 amide bonds. The third-order valence-corrected chi connectivity index (χ3v) is 4.56. The molecule has 0 radical (unpaired) electrons. The Balaban J connectivity index is 1.47. The fourth-order valence-corrected chi connectivity index (χ4v) is 3.29. The van der Waals surface area contributed by atoms with Gasteiger partial charge in [-0.1, -0.05) is 24.3 Å². The number of aromatic nitrogens is 1. The molecule has 1 aliphatic heterocycles. The average Bonchev–Trinajstić information content (AvgIpc) is 3.09. The van der Waals surface area contributed by atoms with Crippen LogP contribution < -0.4 is 0 Å². The van der Waals surface area contributed by atoms with Gasteiger partial charge in [-0.25, -0.2) is 0 Å². The first kappa shape index (κ1) is 16.1. The summed E-state index contributed by atoms with van der Waals surface area (Å²) in [5.74, 6) is 1.86. The van der Waals surface area contributed by atoms with Crippen molar-refractivity contribution in [1.82, 2.24) is 9.88 Å². The molecule has 1 fully saturated rings. The third-order valence-electron chi connectivity index (χ3n) is 4.56. The minimum atomic E-state index is 0.0957. The summed E-state index contributed by atoms with van der Waals surface area (Å²) in [6.07, 6.45) is 3.79. The molecule has 4 rings (SSSR count). The molecular weight excluding hydrogens is 312 g/mol. The highest BCUT2D eigenvalue weighted by molar-refractivity contribution is 5.58. The first-order valence-corrected chi connectivity index (χ1v) is 8.67. The summed E-state index contributed by atoms with van der Waals surface area (Å²) >= 11 is 0. The van der Waals surface area contributed by atoms with E-state index in [1.165, 1.54) is 5.56 Å². The molecule has 1 atom stereocenters. The van der Waals surface area contributed by atoms with Gasteiger partial charge in [0, 0.05) is 43.2 Å². The summed E-state index contributed by atoms with van der Waals surface area (Å²) in [6.45, 7) is 5.46. The minimum Gasteiger partial charge on any atom is -0.461 e. The molecule has 1 saturated heterocycles. The van der Waals surface area contributed by atoms with Crippen LogP contribution in [0.1, 0.15) is 23.0 Å². The lowest BCUT2D eigenvalue weighted by molar-refractivity contribution is -0.0330. The molecule has 0 N–H and O–H groups in total.